The van der Waals surface area contributed by atoms with Gasteiger partial charge in [-0.25, -0.2) is 27.4 Å². The van der Waals surface area contributed by atoms with Crippen LogP contribution in [-0.2, 0) is 19.6 Å². The Hall–Kier alpha value is -2.98. The number of esters is 1. The summed E-state index contributed by atoms with van der Waals surface area (Å²) in [6.07, 6.45) is 4.50. The second kappa shape index (κ2) is 8.87. The maximum atomic E-state index is 13.2. The van der Waals surface area contributed by atoms with Crippen LogP contribution in [0.3, 0.4) is 0 Å². The molecule has 1 unspecified atom stereocenters. The number of ether oxygens (including phenoxy) is 1. The third-order valence-electron chi connectivity index (χ3n) is 5.76. The maximum Gasteiger partial charge on any atom is 0.310 e. The van der Waals surface area contributed by atoms with Crippen LogP contribution in [0.15, 0.2) is 47.8 Å². The first-order chi connectivity index (χ1) is 15.3. The molecule has 1 aliphatic heterocycles. The number of hydrogen-bond donors (Lipinski definition) is 0. The molecule has 0 saturated carbocycles. The van der Waals surface area contributed by atoms with Gasteiger partial charge in [0, 0.05) is 26.3 Å². The minimum atomic E-state index is -3.80. The van der Waals surface area contributed by atoms with Crippen LogP contribution < -0.4 is 5.01 Å². The van der Waals surface area contributed by atoms with Crippen molar-refractivity contribution >= 4 is 32.8 Å². The number of nitrogens with zero attached hydrogens (tertiary/aromatic N) is 5. The first kappa shape index (κ1) is 22.2. The minimum absolute atomic E-state index is 0.186. The number of hydrogen-bond acceptors (Lipinski definition) is 8. The van der Waals surface area contributed by atoms with Crippen LogP contribution >= 0.6 is 0 Å². The predicted octanol–water partition coefficient (Wildman–Crippen LogP) is 2.60. The van der Waals surface area contributed by atoms with Crippen LogP contribution in [0.4, 0.5) is 5.82 Å². The van der Waals surface area contributed by atoms with Crippen molar-refractivity contribution in [2.24, 2.45) is 5.92 Å². The predicted molar refractivity (Wildman–Crippen MR) is 121 cm³/mol. The minimum Gasteiger partial charge on any atom is -0.466 e. The lowest BCUT2D eigenvalue weighted by Gasteiger charge is -2.38. The molecule has 1 saturated heterocycles. The van der Waals surface area contributed by atoms with E-state index in [0.717, 1.165) is 24.9 Å². The summed E-state index contributed by atoms with van der Waals surface area (Å²) in [6, 6.07) is 8.42. The molecule has 1 atom stereocenters. The number of aromatic nitrogens is 3. The number of carbonyl (C=O) groups is 1. The summed E-state index contributed by atoms with van der Waals surface area (Å²) < 4.78 is 32.8. The molecular formula is C22H27N5O4S. The molecule has 170 valence electrons. The highest BCUT2D eigenvalue weighted by molar-refractivity contribution is 7.90. The van der Waals surface area contributed by atoms with E-state index in [9.17, 15) is 13.2 Å². The van der Waals surface area contributed by atoms with Crippen molar-refractivity contribution in [1.82, 2.24) is 18.9 Å². The lowest BCUT2D eigenvalue weighted by atomic mass is 9.99. The molecule has 1 fully saturated rings. The van der Waals surface area contributed by atoms with Crippen LogP contribution in [0, 0.1) is 12.8 Å². The molecule has 0 bridgehead atoms. The van der Waals surface area contributed by atoms with E-state index >= 15 is 0 Å². The van der Waals surface area contributed by atoms with Gasteiger partial charge in [0.2, 0.25) is 0 Å². The maximum absolute atomic E-state index is 13.2. The molecule has 1 aromatic carbocycles. The summed E-state index contributed by atoms with van der Waals surface area (Å²) in [5, 5.41) is 4.53. The van der Waals surface area contributed by atoms with Gasteiger partial charge in [-0.3, -0.25) is 9.80 Å². The van der Waals surface area contributed by atoms with E-state index in [2.05, 4.69) is 9.97 Å². The number of aryl methyl sites for hydroxylation is 1. The molecule has 4 rings (SSSR count). The normalized spacial score (nSPS) is 17.4. The van der Waals surface area contributed by atoms with E-state index < -0.39 is 10.0 Å². The Labute approximate surface area is 187 Å². The monoisotopic (exact) mass is 457 g/mol. The fourth-order valence-corrected chi connectivity index (χ4v) is 5.31. The van der Waals surface area contributed by atoms with Gasteiger partial charge in [0.25, 0.3) is 10.0 Å². The van der Waals surface area contributed by atoms with E-state index in [4.69, 9.17) is 4.74 Å². The fraction of sp³-hybridized carbons (Fsp3) is 0.409. The van der Waals surface area contributed by atoms with Crippen LogP contribution in [0.1, 0.15) is 25.3 Å². The number of piperidine rings is 1. The van der Waals surface area contributed by atoms with E-state index in [-0.39, 0.29) is 16.8 Å². The summed E-state index contributed by atoms with van der Waals surface area (Å²) in [7, 11) is -1.94. The summed E-state index contributed by atoms with van der Waals surface area (Å²) in [5.41, 5.74) is 1.29. The van der Waals surface area contributed by atoms with Crippen molar-refractivity contribution < 1.29 is 17.9 Å². The molecule has 0 N–H and O–H groups in total. The molecule has 3 aromatic rings. The van der Waals surface area contributed by atoms with Crippen molar-refractivity contribution in [2.45, 2.75) is 31.6 Å². The van der Waals surface area contributed by atoms with E-state index in [0.29, 0.717) is 30.0 Å². The van der Waals surface area contributed by atoms with Gasteiger partial charge in [0.1, 0.15) is 6.33 Å². The number of hydrazine groups is 1. The first-order valence-electron chi connectivity index (χ1n) is 10.6. The Morgan fingerprint density at radius 1 is 1.22 bits per heavy atom. The molecule has 2 aromatic heterocycles. The number of fused-ring (bicyclic) bond motifs is 1. The summed E-state index contributed by atoms with van der Waals surface area (Å²) in [5.74, 6) is 0.195. The number of benzene rings is 1. The second-order valence-corrected chi connectivity index (χ2v) is 9.71. The quantitative estimate of drug-likeness (QED) is 0.521. The summed E-state index contributed by atoms with van der Waals surface area (Å²) >= 11 is 0. The molecule has 0 spiro atoms. The van der Waals surface area contributed by atoms with Gasteiger partial charge < -0.3 is 4.74 Å². The molecule has 0 aliphatic carbocycles. The zero-order valence-corrected chi connectivity index (χ0v) is 19.2. The van der Waals surface area contributed by atoms with Crippen molar-refractivity contribution in [3.05, 3.63) is 48.4 Å². The van der Waals surface area contributed by atoms with Gasteiger partial charge >= 0.3 is 5.97 Å². The van der Waals surface area contributed by atoms with Crippen LogP contribution in [0.25, 0.3) is 11.0 Å². The van der Waals surface area contributed by atoms with E-state index in [1.165, 1.54) is 16.5 Å². The Morgan fingerprint density at radius 2 is 1.97 bits per heavy atom. The molecular weight excluding hydrogens is 430 g/mol. The molecule has 9 nitrogen and oxygen atoms in total. The third kappa shape index (κ3) is 4.07. The highest BCUT2D eigenvalue weighted by atomic mass is 32.2. The zero-order valence-electron chi connectivity index (χ0n) is 18.4. The van der Waals surface area contributed by atoms with Crippen molar-refractivity contribution in [1.29, 1.82) is 0 Å². The van der Waals surface area contributed by atoms with Gasteiger partial charge in [-0.05, 0) is 44.9 Å². The highest BCUT2D eigenvalue weighted by Gasteiger charge is 2.30. The first-order valence-corrected chi connectivity index (χ1v) is 12.1. The van der Waals surface area contributed by atoms with Gasteiger partial charge in [-0.2, -0.15) is 0 Å². The molecule has 1 aliphatic rings. The largest absolute Gasteiger partial charge is 0.466 e. The number of carbonyl (C=O) groups excluding carboxylic acids is 1. The molecule has 3 heterocycles. The molecule has 10 heteroatoms. The summed E-state index contributed by atoms with van der Waals surface area (Å²) in [4.78, 5) is 21.1. The van der Waals surface area contributed by atoms with Crippen molar-refractivity contribution in [3.63, 3.8) is 0 Å². The van der Waals surface area contributed by atoms with Gasteiger partial charge in [-0.15, -0.1) is 0 Å². The zero-order chi connectivity index (χ0) is 22.9. The molecule has 0 radical (unpaired) electrons. The van der Waals surface area contributed by atoms with Gasteiger partial charge in [0.15, 0.2) is 11.5 Å². The Kier molecular flexibility index (Phi) is 6.16. The number of anilines is 1. The average molecular weight is 458 g/mol. The third-order valence-corrected chi connectivity index (χ3v) is 7.44. The topological polar surface area (TPSA) is 97.6 Å². The number of rotatable bonds is 6. The highest BCUT2D eigenvalue weighted by Crippen LogP contribution is 2.29. The van der Waals surface area contributed by atoms with E-state index in [1.54, 1.807) is 37.3 Å². The van der Waals surface area contributed by atoms with Crippen LogP contribution in [0.5, 0.6) is 0 Å². The Balaban J connectivity index is 1.66. The van der Waals surface area contributed by atoms with Gasteiger partial charge in [-0.1, -0.05) is 17.7 Å². The standard InChI is InChI=1S/C22H27N5O4S/c1-4-31-22(28)17-6-5-12-26(14-17)25(3)20-19-11-13-27(21(19)24-15-23-20)32(29,30)18-9-7-16(2)8-10-18/h7-11,13,15,17H,4-6,12,14H2,1-3H3. The van der Waals surface area contributed by atoms with E-state index in [1.807, 2.05) is 24.0 Å². The van der Waals surface area contributed by atoms with Crippen LogP contribution in [0.2, 0.25) is 0 Å². The lowest BCUT2D eigenvalue weighted by molar-refractivity contribution is -0.150. The van der Waals surface area contributed by atoms with Crippen molar-refractivity contribution in [3.8, 4) is 0 Å². The fourth-order valence-electron chi connectivity index (χ4n) is 4.01. The van der Waals surface area contributed by atoms with Gasteiger partial charge in [0.05, 0.1) is 22.8 Å². The second-order valence-electron chi connectivity index (χ2n) is 7.89. The Bertz CT molecular complexity index is 1220. The SMILES string of the molecule is CCOC(=O)C1CCCN(N(C)c2ncnc3c2ccn3S(=O)(=O)c2ccc(C)cc2)C1. The summed E-state index contributed by atoms with van der Waals surface area (Å²) in [6.45, 7) is 5.35. The Morgan fingerprint density at radius 3 is 2.69 bits per heavy atom. The molecule has 32 heavy (non-hydrogen) atoms. The lowest BCUT2D eigenvalue weighted by Crippen LogP contribution is -2.48. The average Bonchev–Trinajstić information content (AvgIpc) is 3.24. The smallest absolute Gasteiger partial charge is 0.310 e. The van der Waals surface area contributed by atoms with Crippen molar-refractivity contribution in [2.75, 3.05) is 31.8 Å². The van der Waals surface area contributed by atoms with Crippen LogP contribution in [-0.4, -0.2) is 60.1 Å². The molecule has 0 amide bonds.